The molecule has 3 rings (SSSR count). The molecular formula is C20H23ClN4. The van der Waals surface area contributed by atoms with Gasteiger partial charge in [0.05, 0.1) is 6.57 Å². The highest BCUT2D eigenvalue weighted by Crippen LogP contribution is 2.22. The standard InChI is InChI=1S/C20H23ClN4/c1-22-18-6-4-7-19(16-18)23(2)9-10-24-11-13-25(14-12-24)20-8-3-5-17(21)15-20/h3-8,15-16H,9-14H2,2H3. The van der Waals surface area contributed by atoms with E-state index in [-0.39, 0.29) is 0 Å². The summed E-state index contributed by atoms with van der Waals surface area (Å²) in [4.78, 5) is 10.6. The molecular weight excluding hydrogens is 332 g/mol. The van der Waals surface area contributed by atoms with E-state index >= 15 is 0 Å². The number of hydrogen-bond donors (Lipinski definition) is 0. The highest BCUT2D eigenvalue weighted by molar-refractivity contribution is 6.30. The summed E-state index contributed by atoms with van der Waals surface area (Å²) >= 11 is 6.10. The zero-order valence-corrected chi connectivity index (χ0v) is 15.3. The Morgan fingerprint density at radius 3 is 2.56 bits per heavy atom. The van der Waals surface area contributed by atoms with Gasteiger partial charge in [0.25, 0.3) is 0 Å². The van der Waals surface area contributed by atoms with Gasteiger partial charge in [-0.1, -0.05) is 29.8 Å². The van der Waals surface area contributed by atoms with Gasteiger partial charge < -0.3 is 9.80 Å². The molecule has 0 radical (unpaired) electrons. The molecule has 1 fully saturated rings. The van der Waals surface area contributed by atoms with Crippen molar-refractivity contribution < 1.29 is 0 Å². The Hall–Kier alpha value is -2.22. The molecule has 0 amide bonds. The summed E-state index contributed by atoms with van der Waals surface area (Å²) in [5, 5.41) is 0.795. The maximum absolute atomic E-state index is 7.13. The van der Waals surface area contributed by atoms with Gasteiger partial charge in [-0.15, -0.1) is 0 Å². The number of nitrogens with zero attached hydrogens (tertiary/aromatic N) is 4. The van der Waals surface area contributed by atoms with E-state index in [4.69, 9.17) is 18.2 Å². The van der Waals surface area contributed by atoms with Gasteiger partial charge in [0.15, 0.2) is 5.69 Å². The Morgan fingerprint density at radius 1 is 1.08 bits per heavy atom. The molecule has 5 heteroatoms. The Morgan fingerprint density at radius 2 is 1.84 bits per heavy atom. The molecule has 0 unspecified atom stereocenters. The number of benzene rings is 2. The first-order valence-electron chi connectivity index (χ1n) is 8.57. The summed E-state index contributed by atoms with van der Waals surface area (Å²) in [6, 6.07) is 15.9. The number of anilines is 2. The number of likely N-dealkylation sites (N-methyl/N-ethyl adjacent to an activating group) is 1. The molecule has 0 atom stereocenters. The van der Waals surface area contributed by atoms with Crippen molar-refractivity contribution in [1.29, 1.82) is 0 Å². The second-order valence-corrected chi connectivity index (χ2v) is 6.80. The number of hydrogen-bond acceptors (Lipinski definition) is 3. The van der Waals surface area contributed by atoms with Crippen molar-refractivity contribution in [2.45, 2.75) is 0 Å². The molecule has 1 aliphatic heterocycles. The second kappa shape index (κ2) is 8.24. The molecule has 0 bridgehead atoms. The summed E-state index contributed by atoms with van der Waals surface area (Å²) in [7, 11) is 2.09. The highest BCUT2D eigenvalue weighted by atomic mass is 35.5. The van der Waals surface area contributed by atoms with E-state index < -0.39 is 0 Å². The molecule has 1 saturated heterocycles. The SMILES string of the molecule is [C-]#[N+]c1cccc(N(C)CCN2CCN(c3cccc(Cl)c3)CC2)c1. The highest BCUT2D eigenvalue weighted by Gasteiger charge is 2.17. The molecule has 2 aromatic rings. The maximum Gasteiger partial charge on any atom is 0.189 e. The average Bonchev–Trinajstić information content (AvgIpc) is 2.66. The molecule has 1 aliphatic rings. The van der Waals surface area contributed by atoms with Crippen LogP contribution in [-0.2, 0) is 0 Å². The normalized spacial score (nSPS) is 15.0. The fraction of sp³-hybridized carbons (Fsp3) is 0.350. The van der Waals surface area contributed by atoms with Crippen LogP contribution < -0.4 is 9.80 Å². The van der Waals surface area contributed by atoms with Gasteiger partial charge in [-0.25, -0.2) is 4.85 Å². The Balaban J connectivity index is 1.48. The molecule has 4 nitrogen and oxygen atoms in total. The van der Waals surface area contributed by atoms with Crippen molar-refractivity contribution in [1.82, 2.24) is 4.90 Å². The van der Waals surface area contributed by atoms with Gasteiger partial charge in [0.2, 0.25) is 0 Å². The van der Waals surface area contributed by atoms with Gasteiger partial charge >= 0.3 is 0 Å². The minimum Gasteiger partial charge on any atom is -0.374 e. The zero-order valence-electron chi connectivity index (χ0n) is 14.5. The Labute approximate surface area is 155 Å². The molecule has 0 spiro atoms. The van der Waals surface area contributed by atoms with Crippen LogP contribution in [0.5, 0.6) is 0 Å². The van der Waals surface area contributed by atoms with E-state index in [9.17, 15) is 0 Å². The lowest BCUT2D eigenvalue weighted by Crippen LogP contribution is -2.48. The minimum atomic E-state index is 0.694. The van der Waals surface area contributed by atoms with Crippen LogP contribution >= 0.6 is 11.6 Å². The summed E-state index contributed by atoms with van der Waals surface area (Å²) in [6.07, 6.45) is 0. The monoisotopic (exact) mass is 354 g/mol. The predicted octanol–water partition coefficient (Wildman–Crippen LogP) is 4.15. The van der Waals surface area contributed by atoms with Crippen molar-refractivity contribution in [2.75, 3.05) is 56.1 Å². The van der Waals surface area contributed by atoms with E-state index in [0.717, 1.165) is 50.0 Å². The van der Waals surface area contributed by atoms with Gasteiger partial charge in [-0.05, 0) is 30.3 Å². The molecule has 130 valence electrons. The van der Waals surface area contributed by atoms with Crippen LogP contribution in [0.25, 0.3) is 4.85 Å². The van der Waals surface area contributed by atoms with Crippen molar-refractivity contribution in [3.8, 4) is 0 Å². The first-order chi connectivity index (χ1) is 12.2. The third-order valence-corrected chi connectivity index (χ3v) is 4.93. The number of piperazine rings is 1. The predicted molar refractivity (Wildman–Crippen MR) is 106 cm³/mol. The topological polar surface area (TPSA) is 14.1 Å². The molecule has 1 heterocycles. The van der Waals surface area contributed by atoms with E-state index in [1.54, 1.807) is 0 Å². The van der Waals surface area contributed by atoms with Crippen molar-refractivity contribution >= 4 is 28.7 Å². The van der Waals surface area contributed by atoms with Crippen LogP contribution in [0.3, 0.4) is 0 Å². The maximum atomic E-state index is 7.13. The van der Waals surface area contributed by atoms with Crippen molar-refractivity contribution in [3.05, 3.63) is 65.0 Å². The van der Waals surface area contributed by atoms with Crippen LogP contribution in [0.1, 0.15) is 0 Å². The van der Waals surface area contributed by atoms with Gasteiger partial charge in [-0.3, -0.25) is 4.90 Å². The quantitative estimate of drug-likeness (QED) is 0.749. The van der Waals surface area contributed by atoms with Gasteiger partial charge in [-0.2, -0.15) is 0 Å². The third kappa shape index (κ3) is 4.66. The van der Waals surface area contributed by atoms with Crippen LogP contribution in [0.4, 0.5) is 17.1 Å². The lowest BCUT2D eigenvalue weighted by molar-refractivity contribution is 0.264. The van der Waals surface area contributed by atoms with Crippen molar-refractivity contribution in [3.63, 3.8) is 0 Å². The molecule has 0 N–H and O–H groups in total. The molecule has 25 heavy (non-hydrogen) atoms. The number of rotatable bonds is 5. The van der Waals surface area contributed by atoms with E-state index in [1.807, 2.05) is 36.4 Å². The molecule has 0 aromatic heterocycles. The molecule has 0 aliphatic carbocycles. The Kier molecular flexibility index (Phi) is 5.80. The fourth-order valence-electron chi connectivity index (χ4n) is 3.12. The smallest absolute Gasteiger partial charge is 0.189 e. The van der Waals surface area contributed by atoms with Crippen LogP contribution in [0.15, 0.2) is 48.5 Å². The summed E-state index contributed by atoms with van der Waals surface area (Å²) in [5.41, 5.74) is 3.01. The fourth-order valence-corrected chi connectivity index (χ4v) is 3.31. The lowest BCUT2D eigenvalue weighted by atomic mass is 10.2. The lowest BCUT2D eigenvalue weighted by Gasteiger charge is -2.37. The van der Waals surface area contributed by atoms with Gasteiger partial charge in [0, 0.05) is 62.7 Å². The Bertz CT molecular complexity index is 747. The molecule has 2 aromatic carbocycles. The summed E-state index contributed by atoms with van der Waals surface area (Å²) in [5.74, 6) is 0. The van der Waals surface area contributed by atoms with Crippen LogP contribution in [0.2, 0.25) is 5.02 Å². The van der Waals surface area contributed by atoms with E-state index in [0.29, 0.717) is 5.69 Å². The summed E-state index contributed by atoms with van der Waals surface area (Å²) < 4.78 is 0. The second-order valence-electron chi connectivity index (χ2n) is 6.36. The van der Waals surface area contributed by atoms with Crippen LogP contribution in [-0.4, -0.2) is 51.2 Å². The third-order valence-electron chi connectivity index (χ3n) is 4.70. The molecule has 0 saturated carbocycles. The summed E-state index contributed by atoms with van der Waals surface area (Å²) in [6.45, 7) is 13.3. The van der Waals surface area contributed by atoms with Crippen molar-refractivity contribution in [2.24, 2.45) is 0 Å². The largest absolute Gasteiger partial charge is 0.374 e. The van der Waals surface area contributed by atoms with E-state index in [1.165, 1.54) is 5.69 Å². The van der Waals surface area contributed by atoms with Crippen LogP contribution in [0, 0.1) is 6.57 Å². The first kappa shape index (κ1) is 17.6. The number of halogens is 1. The minimum absolute atomic E-state index is 0.694. The zero-order chi connectivity index (χ0) is 17.6. The average molecular weight is 355 g/mol. The van der Waals surface area contributed by atoms with Gasteiger partial charge in [0.1, 0.15) is 0 Å². The first-order valence-corrected chi connectivity index (χ1v) is 8.95. The van der Waals surface area contributed by atoms with E-state index in [2.05, 4.69) is 38.7 Å².